The van der Waals surface area contributed by atoms with E-state index in [1.807, 2.05) is 0 Å². The third-order valence-corrected chi connectivity index (χ3v) is 5.68. The van der Waals surface area contributed by atoms with Crippen LogP contribution in [-0.4, -0.2) is 24.9 Å². The lowest BCUT2D eigenvalue weighted by Gasteiger charge is -2.62. The first kappa shape index (κ1) is 10.1. The second-order valence-corrected chi connectivity index (χ2v) is 6.27. The van der Waals surface area contributed by atoms with E-state index in [9.17, 15) is 9.59 Å². The van der Waals surface area contributed by atoms with Crippen LogP contribution >= 0.6 is 0 Å². The van der Waals surface area contributed by atoms with Gasteiger partial charge in [0.15, 0.2) is 0 Å². The predicted octanol–water partition coefficient (Wildman–Crippen LogP) is 0.141. The average molecular weight is 234 g/mol. The fraction of sp³-hybridized carbons (Fsp3) is 0.846. The summed E-state index contributed by atoms with van der Waals surface area (Å²) >= 11 is 0. The number of amides is 2. The Labute approximate surface area is 101 Å². The maximum atomic E-state index is 11.7. The van der Waals surface area contributed by atoms with Gasteiger partial charge in [-0.1, -0.05) is 0 Å². The molecule has 3 aliphatic carbocycles. The third kappa shape index (κ3) is 1.27. The van der Waals surface area contributed by atoms with E-state index in [4.69, 9.17) is 0 Å². The van der Waals surface area contributed by atoms with E-state index in [2.05, 4.69) is 10.6 Å². The summed E-state index contributed by atoms with van der Waals surface area (Å²) in [5, 5.41) is 5.93. The zero-order valence-electron chi connectivity index (χ0n) is 9.82. The van der Waals surface area contributed by atoms with Crippen molar-refractivity contribution in [1.82, 2.24) is 10.6 Å². The summed E-state index contributed by atoms with van der Waals surface area (Å²) in [5.41, 5.74) is 0. The lowest BCUT2D eigenvalue weighted by Crippen LogP contribution is -2.64. The largest absolute Gasteiger partial charge is 0.316 e. The van der Waals surface area contributed by atoms with Crippen LogP contribution in [0, 0.1) is 35.5 Å². The highest BCUT2D eigenvalue weighted by molar-refractivity contribution is 6.03. The van der Waals surface area contributed by atoms with E-state index in [1.54, 1.807) is 0 Å². The summed E-state index contributed by atoms with van der Waals surface area (Å²) in [4.78, 5) is 23.0. The molecule has 2 heterocycles. The van der Waals surface area contributed by atoms with Gasteiger partial charge in [0, 0.05) is 12.3 Å². The molecule has 92 valence electrons. The SMILES string of the molecule is O=C1CC(C2CC3C4CNCC3C4C2)C(=O)N1. The quantitative estimate of drug-likeness (QED) is 0.635. The van der Waals surface area contributed by atoms with E-state index < -0.39 is 0 Å². The fourth-order valence-corrected chi connectivity index (χ4v) is 4.92. The number of hydrogen-bond donors (Lipinski definition) is 2. The monoisotopic (exact) mass is 234 g/mol. The van der Waals surface area contributed by atoms with Crippen molar-refractivity contribution in [2.75, 3.05) is 13.1 Å². The van der Waals surface area contributed by atoms with Crippen LogP contribution in [0.4, 0.5) is 0 Å². The molecule has 2 saturated heterocycles. The summed E-state index contributed by atoms with van der Waals surface area (Å²) in [5.74, 6) is 3.79. The number of piperidine rings is 2. The first-order valence-corrected chi connectivity index (χ1v) is 6.78. The molecule has 0 aromatic heterocycles. The smallest absolute Gasteiger partial charge is 0.230 e. The summed E-state index contributed by atoms with van der Waals surface area (Å²) in [6.07, 6.45) is 2.80. The normalized spacial score (nSPS) is 52.0. The van der Waals surface area contributed by atoms with Gasteiger partial charge >= 0.3 is 0 Å². The summed E-state index contributed by atoms with van der Waals surface area (Å²) in [6.45, 7) is 2.35. The van der Waals surface area contributed by atoms with Gasteiger partial charge in [0.1, 0.15) is 0 Å². The van der Waals surface area contributed by atoms with Crippen LogP contribution in [-0.2, 0) is 9.59 Å². The van der Waals surface area contributed by atoms with Crippen molar-refractivity contribution in [3.05, 3.63) is 0 Å². The molecule has 4 bridgehead atoms. The van der Waals surface area contributed by atoms with Crippen LogP contribution in [0.5, 0.6) is 0 Å². The summed E-state index contributed by atoms with van der Waals surface area (Å²) < 4.78 is 0. The van der Waals surface area contributed by atoms with Crippen LogP contribution in [0.2, 0.25) is 0 Å². The number of imide groups is 1. The van der Waals surface area contributed by atoms with Gasteiger partial charge in [-0.25, -0.2) is 0 Å². The number of nitrogens with one attached hydrogen (secondary N) is 2. The number of carbonyl (C=O) groups excluding carboxylic acids is 2. The van der Waals surface area contributed by atoms with Crippen molar-refractivity contribution in [3.63, 3.8) is 0 Å². The molecule has 5 aliphatic rings. The highest BCUT2D eigenvalue weighted by Gasteiger charge is 2.58. The van der Waals surface area contributed by atoms with Gasteiger partial charge in [-0.15, -0.1) is 0 Å². The van der Waals surface area contributed by atoms with Crippen molar-refractivity contribution in [1.29, 1.82) is 0 Å². The highest BCUT2D eigenvalue weighted by atomic mass is 16.2. The molecular weight excluding hydrogens is 216 g/mol. The van der Waals surface area contributed by atoms with Crippen LogP contribution in [0.1, 0.15) is 19.3 Å². The number of hydrogen-bond acceptors (Lipinski definition) is 3. The molecule has 5 fully saturated rings. The van der Waals surface area contributed by atoms with Gasteiger partial charge in [-0.3, -0.25) is 14.9 Å². The molecular formula is C13H18N2O2. The van der Waals surface area contributed by atoms with Crippen molar-refractivity contribution in [2.45, 2.75) is 19.3 Å². The molecule has 5 rings (SSSR count). The van der Waals surface area contributed by atoms with Crippen LogP contribution < -0.4 is 10.6 Å². The Kier molecular flexibility index (Phi) is 1.96. The lowest BCUT2D eigenvalue weighted by atomic mass is 9.45. The van der Waals surface area contributed by atoms with E-state index >= 15 is 0 Å². The van der Waals surface area contributed by atoms with Crippen molar-refractivity contribution in [2.24, 2.45) is 35.5 Å². The maximum Gasteiger partial charge on any atom is 0.230 e. The molecule has 4 nitrogen and oxygen atoms in total. The lowest BCUT2D eigenvalue weighted by molar-refractivity contribution is -0.139. The van der Waals surface area contributed by atoms with Crippen LogP contribution in [0.15, 0.2) is 0 Å². The zero-order chi connectivity index (χ0) is 11.6. The molecule has 2 amide bonds. The molecule has 2 N–H and O–H groups in total. The minimum Gasteiger partial charge on any atom is -0.316 e. The van der Waals surface area contributed by atoms with E-state index in [1.165, 1.54) is 25.9 Å². The van der Waals surface area contributed by atoms with Crippen molar-refractivity contribution >= 4 is 11.8 Å². The van der Waals surface area contributed by atoms with E-state index in [-0.39, 0.29) is 17.7 Å². The number of fused-ring (bicyclic) bond motifs is 2. The van der Waals surface area contributed by atoms with Gasteiger partial charge < -0.3 is 5.32 Å². The first-order chi connectivity index (χ1) is 8.24. The minimum atomic E-state index is -0.0684. The topological polar surface area (TPSA) is 58.2 Å². The average Bonchev–Trinajstić information content (AvgIpc) is 2.70. The number of rotatable bonds is 1. The molecule has 0 aromatic carbocycles. The van der Waals surface area contributed by atoms with Crippen molar-refractivity contribution < 1.29 is 9.59 Å². The van der Waals surface area contributed by atoms with E-state index in [0.29, 0.717) is 12.3 Å². The Hall–Kier alpha value is -0.900. The Bertz CT molecular complexity index is 369. The molecule has 3 saturated carbocycles. The molecule has 1 atom stereocenters. The standard InChI is InChI=1S/C13H18N2O2/c16-12-3-7(13(17)15-12)6-1-8-10-4-14-5-11(8)9(10)2-6/h6-11,14H,1-5H2,(H,15,16,17). The Morgan fingerprint density at radius 1 is 0.941 bits per heavy atom. The van der Waals surface area contributed by atoms with Crippen LogP contribution in [0.25, 0.3) is 0 Å². The molecule has 0 aromatic rings. The van der Waals surface area contributed by atoms with Crippen LogP contribution in [0.3, 0.4) is 0 Å². The third-order valence-electron chi connectivity index (χ3n) is 5.68. The van der Waals surface area contributed by atoms with E-state index in [0.717, 1.165) is 23.7 Å². The summed E-state index contributed by atoms with van der Waals surface area (Å²) in [6, 6.07) is 0. The highest BCUT2D eigenvalue weighted by Crippen LogP contribution is 2.59. The molecule has 0 radical (unpaired) electrons. The van der Waals surface area contributed by atoms with Gasteiger partial charge in [0.05, 0.1) is 0 Å². The molecule has 4 heteroatoms. The van der Waals surface area contributed by atoms with Crippen molar-refractivity contribution in [3.8, 4) is 0 Å². The second-order valence-electron chi connectivity index (χ2n) is 6.27. The van der Waals surface area contributed by atoms with Gasteiger partial charge in [0.2, 0.25) is 11.8 Å². The Balaban J connectivity index is 1.49. The Morgan fingerprint density at radius 2 is 1.59 bits per heavy atom. The number of carbonyl (C=O) groups is 2. The second kappa shape index (κ2) is 3.31. The van der Waals surface area contributed by atoms with Gasteiger partial charge in [-0.05, 0) is 55.5 Å². The fourth-order valence-electron chi connectivity index (χ4n) is 4.92. The molecule has 17 heavy (non-hydrogen) atoms. The molecule has 0 spiro atoms. The molecule has 1 unspecified atom stereocenters. The first-order valence-electron chi connectivity index (χ1n) is 6.78. The predicted molar refractivity (Wildman–Crippen MR) is 60.8 cm³/mol. The zero-order valence-corrected chi connectivity index (χ0v) is 9.82. The Morgan fingerprint density at radius 3 is 2.12 bits per heavy atom. The van der Waals surface area contributed by atoms with Gasteiger partial charge in [-0.2, -0.15) is 0 Å². The minimum absolute atomic E-state index is 0.00964. The molecule has 2 aliphatic heterocycles. The summed E-state index contributed by atoms with van der Waals surface area (Å²) in [7, 11) is 0. The maximum absolute atomic E-state index is 11.7. The van der Waals surface area contributed by atoms with Gasteiger partial charge in [0.25, 0.3) is 0 Å².